The molecule has 1 aromatic rings. The fourth-order valence-electron chi connectivity index (χ4n) is 2.15. The largest absolute Gasteiger partial charge is 1.00 e. The van der Waals surface area contributed by atoms with Crippen LogP contribution < -0.4 is 37.2 Å². The van der Waals surface area contributed by atoms with E-state index in [1.165, 1.54) is 26.1 Å². The van der Waals surface area contributed by atoms with Gasteiger partial charge in [0.2, 0.25) is 0 Å². The Labute approximate surface area is 146 Å². The van der Waals surface area contributed by atoms with Gasteiger partial charge in [-0.15, -0.1) is 0 Å². The van der Waals surface area contributed by atoms with Crippen molar-refractivity contribution in [3.63, 3.8) is 0 Å². The first-order valence-electron chi connectivity index (χ1n) is 5.75. The summed E-state index contributed by atoms with van der Waals surface area (Å²) in [6, 6.07) is 4.66. The van der Waals surface area contributed by atoms with Gasteiger partial charge in [-0.3, -0.25) is 0 Å². The van der Waals surface area contributed by atoms with Gasteiger partial charge < -0.3 is 37.2 Å². The van der Waals surface area contributed by atoms with Crippen LogP contribution in [0.3, 0.4) is 0 Å². The van der Waals surface area contributed by atoms with Gasteiger partial charge in [-0.25, -0.2) is 0 Å². The van der Waals surface area contributed by atoms with E-state index in [2.05, 4.69) is 65.5 Å². The molecule has 0 amide bonds. The van der Waals surface area contributed by atoms with Crippen molar-refractivity contribution in [1.29, 1.82) is 0 Å². The standard InChI is InChI=1S/C15H17.3ClH.Ti/c1-11-8-13(3)15(9-12(11)2)10-14-6-4-5-7-14;;;;/h4-5,8-9H,6,10H2,1-3H3;3*1H;/q;;;;+3/p-3. The predicted octanol–water partition coefficient (Wildman–Crippen LogP) is -5.07. The second kappa shape index (κ2) is 9.26. The molecule has 0 saturated heterocycles. The van der Waals surface area contributed by atoms with Crippen molar-refractivity contribution >= 4 is 0 Å². The summed E-state index contributed by atoms with van der Waals surface area (Å²) in [5.74, 6) is 0. The van der Waals surface area contributed by atoms with Gasteiger partial charge >= 0.3 is 110 Å². The number of halogens is 3. The Hall–Kier alpha value is 0.284. The van der Waals surface area contributed by atoms with E-state index in [9.17, 15) is 0 Å². The molecule has 0 fully saturated rings. The maximum atomic E-state index is 2.35. The SMILES string of the molecule is Cc1cc(C)c(CC2=[C]([Ti+3])C=CC2)cc1C.[Cl-].[Cl-].[Cl-]. The van der Waals surface area contributed by atoms with E-state index in [0.29, 0.717) is 0 Å². The molecule has 0 aliphatic heterocycles. The first-order valence-corrected chi connectivity index (χ1v) is 6.53. The van der Waals surface area contributed by atoms with Crippen LogP contribution in [-0.2, 0) is 26.9 Å². The monoisotopic (exact) mass is 350 g/mol. The van der Waals surface area contributed by atoms with E-state index in [1.54, 1.807) is 5.57 Å². The smallest absolute Gasteiger partial charge is 1.00 e. The van der Waals surface area contributed by atoms with Crippen LogP contribution in [0.2, 0.25) is 0 Å². The van der Waals surface area contributed by atoms with Crippen LogP contribution in [-0.4, -0.2) is 0 Å². The van der Waals surface area contributed by atoms with E-state index in [4.69, 9.17) is 0 Å². The molecule has 0 nitrogen and oxygen atoms in total. The molecule has 0 N–H and O–H groups in total. The molecule has 1 aliphatic rings. The first-order chi connectivity index (χ1) is 7.58. The second-order valence-electron chi connectivity index (χ2n) is 4.66. The zero-order valence-corrected chi connectivity index (χ0v) is 15.2. The fraction of sp³-hybridized carbons (Fsp3) is 0.333. The molecule has 0 radical (unpaired) electrons. The van der Waals surface area contributed by atoms with E-state index in [-0.39, 0.29) is 37.2 Å². The predicted molar refractivity (Wildman–Crippen MR) is 65.1 cm³/mol. The molecule has 19 heavy (non-hydrogen) atoms. The molecule has 0 spiro atoms. The molecule has 0 atom stereocenters. The van der Waals surface area contributed by atoms with E-state index < -0.39 is 0 Å². The summed E-state index contributed by atoms with van der Waals surface area (Å²) in [7, 11) is 0. The molecular formula is C15H17Cl3Ti. The average molecular weight is 352 g/mol. The van der Waals surface area contributed by atoms with Crippen molar-refractivity contribution < 1.29 is 57.7 Å². The fourth-order valence-corrected chi connectivity index (χ4v) is 2.64. The van der Waals surface area contributed by atoms with Crippen molar-refractivity contribution in [2.24, 2.45) is 0 Å². The van der Waals surface area contributed by atoms with Crippen LogP contribution in [0.15, 0.2) is 33.7 Å². The molecule has 102 valence electrons. The molecule has 1 aliphatic carbocycles. The Bertz CT molecular complexity index is 490. The van der Waals surface area contributed by atoms with Crippen molar-refractivity contribution in [3.8, 4) is 0 Å². The number of aryl methyl sites for hydroxylation is 3. The molecular weight excluding hydrogens is 334 g/mol. The molecule has 2 rings (SSSR count). The summed E-state index contributed by atoms with van der Waals surface area (Å²) >= 11 is 2.22. The zero-order chi connectivity index (χ0) is 11.7. The van der Waals surface area contributed by atoms with Gasteiger partial charge in [-0.1, -0.05) is 0 Å². The van der Waals surface area contributed by atoms with Gasteiger partial charge in [-0.05, 0) is 0 Å². The van der Waals surface area contributed by atoms with Gasteiger partial charge in [-0.2, -0.15) is 0 Å². The van der Waals surface area contributed by atoms with E-state index in [0.717, 1.165) is 12.8 Å². The molecule has 0 heterocycles. The summed E-state index contributed by atoms with van der Waals surface area (Å²) in [4.78, 5) is 0. The quantitative estimate of drug-likeness (QED) is 0.468. The Morgan fingerprint density at radius 2 is 1.53 bits per heavy atom. The maximum Gasteiger partial charge on any atom is -1.00 e. The van der Waals surface area contributed by atoms with Crippen molar-refractivity contribution in [3.05, 3.63) is 56.0 Å². The van der Waals surface area contributed by atoms with Gasteiger partial charge in [0, 0.05) is 0 Å². The number of benzene rings is 1. The number of hydrogen-bond acceptors (Lipinski definition) is 0. The van der Waals surface area contributed by atoms with Crippen LogP contribution >= 0.6 is 0 Å². The van der Waals surface area contributed by atoms with Gasteiger partial charge in [0.1, 0.15) is 0 Å². The number of rotatable bonds is 2. The molecule has 1 aromatic carbocycles. The van der Waals surface area contributed by atoms with Gasteiger partial charge in [0.15, 0.2) is 0 Å². The zero-order valence-electron chi connectivity index (χ0n) is 11.4. The summed E-state index contributed by atoms with van der Waals surface area (Å²) in [5, 5.41) is 0. The van der Waals surface area contributed by atoms with Crippen LogP contribution in [0.5, 0.6) is 0 Å². The summed E-state index contributed by atoms with van der Waals surface area (Å²) in [5.41, 5.74) is 7.30. The molecule has 0 bridgehead atoms. The molecule has 4 heteroatoms. The molecule has 0 aromatic heterocycles. The van der Waals surface area contributed by atoms with E-state index >= 15 is 0 Å². The minimum atomic E-state index is 0. The maximum absolute atomic E-state index is 2.35. The average Bonchev–Trinajstić information content (AvgIpc) is 2.61. The Kier molecular flexibility index (Phi) is 10.5. The third kappa shape index (κ3) is 5.29. The molecule has 0 saturated carbocycles. The minimum absolute atomic E-state index is 0. The number of hydrogen-bond donors (Lipinski definition) is 0. The topological polar surface area (TPSA) is 0 Å². The van der Waals surface area contributed by atoms with Crippen molar-refractivity contribution in [1.82, 2.24) is 0 Å². The van der Waals surface area contributed by atoms with Gasteiger partial charge in [0.05, 0.1) is 0 Å². The summed E-state index contributed by atoms with van der Waals surface area (Å²) < 4.78 is 1.46. The third-order valence-electron chi connectivity index (χ3n) is 3.39. The van der Waals surface area contributed by atoms with Crippen molar-refractivity contribution in [2.45, 2.75) is 33.6 Å². The second-order valence-corrected chi connectivity index (χ2v) is 5.50. The third-order valence-corrected chi connectivity index (χ3v) is 4.20. The normalized spacial score (nSPS) is 12.7. The minimum Gasteiger partial charge on any atom is -1.00 e. The molecule has 0 unspecified atom stereocenters. The van der Waals surface area contributed by atoms with E-state index in [1.807, 2.05) is 0 Å². The van der Waals surface area contributed by atoms with Crippen LogP contribution in [0.25, 0.3) is 0 Å². The first kappa shape index (κ1) is 21.6. The Morgan fingerprint density at radius 3 is 2.05 bits per heavy atom. The van der Waals surface area contributed by atoms with Crippen molar-refractivity contribution in [2.75, 3.05) is 0 Å². The summed E-state index contributed by atoms with van der Waals surface area (Å²) in [6.07, 6.45) is 6.76. The number of allylic oxidation sites excluding steroid dienone is 4. The summed E-state index contributed by atoms with van der Waals surface area (Å²) in [6.45, 7) is 6.61. The van der Waals surface area contributed by atoms with Crippen LogP contribution in [0.4, 0.5) is 0 Å². The van der Waals surface area contributed by atoms with Crippen LogP contribution in [0, 0.1) is 20.8 Å². The Balaban J connectivity index is 0. The van der Waals surface area contributed by atoms with Gasteiger partial charge in [0.25, 0.3) is 0 Å². The Morgan fingerprint density at radius 1 is 0.947 bits per heavy atom. The van der Waals surface area contributed by atoms with Crippen LogP contribution in [0.1, 0.15) is 28.7 Å².